The van der Waals surface area contributed by atoms with Crippen LogP contribution in [0.1, 0.15) is 30.6 Å². The van der Waals surface area contributed by atoms with Crippen molar-refractivity contribution in [2.75, 3.05) is 26.2 Å². The Morgan fingerprint density at radius 1 is 1.38 bits per heavy atom. The Balaban J connectivity index is 1.83. The molecule has 1 heterocycles. The second kappa shape index (κ2) is 7.36. The maximum Gasteiger partial charge on any atom is 0.254 e. The van der Waals surface area contributed by atoms with Crippen LogP contribution in [-0.4, -0.2) is 37.0 Å². The van der Waals surface area contributed by atoms with E-state index in [-0.39, 0.29) is 11.5 Å². The second-order valence-electron chi connectivity index (χ2n) is 6.09. The summed E-state index contributed by atoms with van der Waals surface area (Å²) < 4.78 is 14.3. The van der Waals surface area contributed by atoms with E-state index in [0.29, 0.717) is 22.9 Å². The number of hydrogen-bond acceptors (Lipinski definition) is 2. The molecule has 3 nitrogen and oxygen atoms in total. The van der Waals surface area contributed by atoms with Gasteiger partial charge in [0.15, 0.2) is 0 Å². The fourth-order valence-electron chi connectivity index (χ4n) is 3.07. The minimum absolute atomic E-state index is 0.0877. The number of amides is 1. The Morgan fingerprint density at radius 2 is 2.05 bits per heavy atom. The van der Waals surface area contributed by atoms with Crippen LogP contribution in [0.15, 0.2) is 22.7 Å². The van der Waals surface area contributed by atoms with Crippen LogP contribution < -0.4 is 5.32 Å². The standard InChI is InChI=1S/C16H22BrFN2O/c1-11-7-12(2)10-20(9-11)6-5-19-16(21)14-8-13(17)3-4-15(14)18/h3-4,8,11-12H,5-7,9-10H2,1-2H3,(H,19,21). The molecule has 21 heavy (non-hydrogen) atoms. The van der Waals surface area contributed by atoms with E-state index in [9.17, 15) is 9.18 Å². The van der Waals surface area contributed by atoms with E-state index in [0.717, 1.165) is 19.6 Å². The van der Waals surface area contributed by atoms with Crippen LogP contribution in [0.3, 0.4) is 0 Å². The molecule has 1 aliphatic heterocycles. The predicted octanol–water partition coefficient (Wildman–Crippen LogP) is 3.30. The van der Waals surface area contributed by atoms with Gasteiger partial charge in [-0.2, -0.15) is 0 Å². The average molecular weight is 357 g/mol. The Morgan fingerprint density at radius 3 is 2.71 bits per heavy atom. The summed E-state index contributed by atoms with van der Waals surface area (Å²) in [7, 11) is 0. The zero-order chi connectivity index (χ0) is 15.4. The molecule has 0 aromatic heterocycles. The fraction of sp³-hybridized carbons (Fsp3) is 0.562. The van der Waals surface area contributed by atoms with Crippen LogP contribution in [0.2, 0.25) is 0 Å². The van der Waals surface area contributed by atoms with Gasteiger partial charge in [0.25, 0.3) is 5.91 Å². The topological polar surface area (TPSA) is 32.3 Å². The van der Waals surface area contributed by atoms with E-state index in [1.54, 1.807) is 6.07 Å². The van der Waals surface area contributed by atoms with Crippen molar-refractivity contribution < 1.29 is 9.18 Å². The highest BCUT2D eigenvalue weighted by molar-refractivity contribution is 9.10. The van der Waals surface area contributed by atoms with E-state index in [1.165, 1.54) is 18.6 Å². The summed E-state index contributed by atoms with van der Waals surface area (Å²) in [6, 6.07) is 4.39. The summed E-state index contributed by atoms with van der Waals surface area (Å²) in [5, 5.41) is 2.80. The first-order valence-corrected chi connectivity index (χ1v) is 8.20. The lowest BCUT2D eigenvalue weighted by molar-refractivity contribution is 0.0932. The lowest BCUT2D eigenvalue weighted by atomic mass is 9.92. The van der Waals surface area contributed by atoms with Crippen molar-refractivity contribution in [3.63, 3.8) is 0 Å². The number of carbonyl (C=O) groups excluding carboxylic acids is 1. The molecule has 1 aromatic carbocycles. The molecule has 2 atom stereocenters. The van der Waals surface area contributed by atoms with Crippen molar-refractivity contribution in [3.8, 4) is 0 Å². The lowest BCUT2D eigenvalue weighted by Gasteiger charge is -2.34. The molecule has 0 radical (unpaired) electrons. The van der Waals surface area contributed by atoms with Gasteiger partial charge >= 0.3 is 0 Å². The van der Waals surface area contributed by atoms with Crippen molar-refractivity contribution >= 4 is 21.8 Å². The molecule has 1 amide bonds. The van der Waals surface area contributed by atoms with Gasteiger partial charge in [0.2, 0.25) is 0 Å². The smallest absolute Gasteiger partial charge is 0.254 e. The van der Waals surface area contributed by atoms with Crippen LogP contribution >= 0.6 is 15.9 Å². The van der Waals surface area contributed by atoms with E-state index in [4.69, 9.17) is 0 Å². The highest BCUT2D eigenvalue weighted by Gasteiger charge is 2.21. The van der Waals surface area contributed by atoms with Crippen molar-refractivity contribution in [2.24, 2.45) is 11.8 Å². The zero-order valence-corrected chi connectivity index (χ0v) is 14.1. The van der Waals surface area contributed by atoms with E-state index >= 15 is 0 Å². The number of nitrogens with one attached hydrogen (secondary N) is 1. The first-order valence-electron chi connectivity index (χ1n) is 7.41. The van der Waals surface area contributed by atoms with Gasteiger partial charge < -0.3 is 10.2 Å². The number of halogens is 2. The Kier molecular flexibility index (Phi) is 5.76. The van der Waals surface area contributed by atoms with Gasteiger partial charge in [0, 0.05) is 30.7 Å². The summed E-state index contributed by atoms with van der Waals surface area (Å²) in [4.78, 5) is 14.4. The van der Waals surface area contributed by atoms with Crippen LogP contribution in [0.25, 0.3) is 0 Å². The minimum atomic E-state index is -0.490. The Hall–Kier alpha value is -0.940. The highest BCUT2D eigenvalue weighted by Crippen LogP contribution is 2.20. The molecule has 2 rings (SSSR count). The summed E-state index contributed by atoms with van der Waals surface area (Å²) in [6.45, 7) is 8.04. The van der Waals surface area contributed by atoms with Gasteiger partial charge in [0.05, 0.1) is 5.56 Å². The molecular weight excluding hydrogens is 335 g/mol. The van der Waals surface area contributed by atoms with Gasteiger partial charge in [-0.1, -0.05) is 29.8 Å². The monoisotopic (exact) mass is 356 g/mol. The molecule has 1 aromatic rings. The normalized spacial score (nSPS) is 23.0. The largest absolute Gasteiger partial charge is 0.351 e. The molecule has 1 aliphatic rings. The molecule has 5 heteroatoms. The molecule has 1 saturated heterocycles. The van der Waals surface area contributed by atoms with Crippen LogP contribution in [-0.2, 0) is 0 Å². The summed E-state index contributed by atoms with van der Waals surface area (Å²) >= 11 is 3.25. The number of carbonyl (C=O) groups is 1. The molecule has 0 saturated carbocycles. The van der Waals surface area contributed by atoms with Crippen molar-refractivity contribution in [3.05, 3.63) is 34.1 Å². The van der Waals surface area contributed by atoms with Crippen molar-refractivity contribution in [1.29, 1.82) is 0 Å². The third-order valence-electron chi connectivity index (χ3n) is 3.83. The molecule has 1 fully saturated rings. The van der Waals surface area contributed by atoms with Crippen molar-refractivity contribution in [2.45, 2.75) is 20.3 Å². The maximum absolute atomic E-state index is 13.6. The number of benzene rings is 1. The molecular formula is C16H22BrFN2O. The highest BCUT2D eigenvalue weighted by atomic mass is 79.9. The van der Waals surface area contributed by atoms with E-state index < -0.39 is 5.82 Å². The molecule has 2 unspecified atom stereocenters. The predicted molar refractivity (Wildman–Crippen MR) is 85.8 cm³/mol. The van der Waals surface area contributed by atoms with Crippen LogP contribution in [0.4, 0.5) is 4.39 Å². The quantitative estimate of drug-likeness (QED) is 0.897. The molecule has 116 valence electrons. The van der Waals surface area contributed by atoms with Crippen molar-refractivity contribution in [1.82, 2.24) is 10.2 Å². The number of rotatable bonds is 4. The van der Waals surface area contributed by atoms with E-state index in [1.807, 2.05) is 0 Å². The Labute approximate surface area is 134 Å². The minimum Gasteiger partial charge on any atom is -0.351 e. The Bertz CT molecular complexity index is 499. The first-order chi connectivity index (χ1) is 9.95. The van der Waals surface area contributed by atoms with Gasteiger partial charge in [0.1, 0.15) is 5.82 Å². The molecule has 0 bridgehead atoms. The summed E-state index contributed by atoms with van der Waals surface area (Å²) in [6.07, 6.45) is 1.27. The second-order valence-corrected chi connectivity index (χ2v) is 7.00. The average Bonchev–Trinajstić information content (AvgIpc) is 2.40. The first kappa shape index (κ1) is 16.4. The maximum atomic E-state index is 13.6. The fourth-order valence-corrected chi connectivity index (χ4v) is 3.43. The third-order valence-corrected chi connectivity index (χ3v) is 4.32. The number of likely N-dealkylation sites (tertiary alicyclic amines) is 1. The number of hydrogen-bond donors (Lipinski definition) is 1. The molecule has 1 N–H and O–H groups in total. The van der Waals surface area contributed by atoms with Gasteiger partial charge in [-0.25, -0.2) is 4.39 Å². The summed E-state index contributed by atoms with van der Waals surface area (Å²) in [5.41, 5.74) is 0.0877. The lowest BCUT2D eigenvalue weighted by Crippen LogP contribution is -2.42. The van der Waals surface area contributed by atoms with Gasteiger partial charge in [-0.3, -0.25) is 4.79 Å². The molecule has 0 spiro atoms. The van der Waals surface area contributed by atoms with Gasteiger partial charge in [-0.15, -0.1) is 0 Å². The van der Waals surface area contributed by atoms with Gasteiger partial charge in [-0.05, 0) is 36.5 Å². The number of nitrogens with zero attached hydrogens (tertiary/aromatic N) is 1. The van der Waals surface area contributed by atoms with E-state index in [2.05, 4.69) is 40.0 Å². The number of piperidine rings is 1. The summed E-state index contributed by atoms with van der Waals surface area (Å²) in [5.74, 6) is 0.557. The third kappa shape index (κ3) is 4.78. The SMILES string of the molecule is CC1CC(C)CN(CCNC(=O)c2cc(Br)ccc2F)C1. The van der Waals surface area contributed by atoms with Crippen LogP contribution in [0, 0.1) is 17.7 Å². The van der Waals surface area contributed by atoms with Crippen LogP contribution in [0.5, 0.6) is 0 Å². The zero-order valence-electron chi connectivity index (χ0n) is 12.5. The molecule has 0 aliphatic carbocycles.